The Morgan fingerprint density at radius 3 is 2.46 bits per heavy atom. The first-order valence-corrected chi connectivity index (χ1v) is 13.9. The number of thiocarbonyl (C=S) groups is 1. The highest BCUT2D eigenvalue weighted by molar-refractivity contribution is 7.80. The van der Waals surface area contributed by atoms with Gasteiger partial charge in [-0.15, -0.1) is 0 Å². The van der Waals surface area contributed by atoms with E-state index in [2.05, 4.69) is 76.2 Å². The summed E-state index contributed by atoms with van der Waals surface area (Å²) in [5, 5.41) is 7.21. The highest BCUT2D eigenvalue weighted by Crippen LogP contribution is 2.41. The first-order valence-electron chi connectivity index (χ1n) is 13.5. The third-order valence-corrected chi connectivity index (χ3v) is 7.94. The number of nitrogens with one attached hydrogen (secondary N) is 2. The number of pyridine rings is 1. The number of benzene rings is 2. The van der Waals surface area contributed by atoms with Crippen LogP contribution in [0.15, 0.2) is 79.0 Å². The van der Waals surface area contributed by atoms with E-state index in [0.29, 0.717) is 18.1 Å². The summed E-state index contributed by atoms with van der Waals surface area (Å²) in [6, 6.07) is 24.5. The van der Waals surface area contributed by atoms with Crippen molar-refractivity contribution in [3.63, 3.8) is 0 Å². The number of para-hydroxylation sites is 1. The zero-order valence-electron chi connectivity index (χ0n) is 22.9. The van der Waals surface area contributed by atoms with Crippen molar-refractivity contribution in [1.82, 2.24) is 19.8 Å². The van der Waals surface area contributed by atoms with Gasteiger partial charge < -0.3 is 20.1 Å². The van der Waals surface area contributed by atoms with Gasteiger partial charge in [0.2, 0.25) is 5.91 Å². The molecule has 2 aromatic heterocycles. The molecule has 2 N–H and O–H groups in total. The zero-order chi connectivity index (χ0) is 27.5. The Morgan fingerprint density at radius 1 is 1.03 bits per heavy atom. The number of aromatic nitrogens is 2. The van der Waals surface area contributed by atoms with Crippen LogP contribution < -0.4 is 10.6 Å². The maximum atomic E-state index is 13.0. The quantitative estimate of drug-likeness (QED) is 0.256. The lowest BCUT2D eigenvalue weighted by Crippen LogP contribution is -2.33. The highest BCUT2D eigenvalue weighted by Gasteiger charge is 2.41. The Labute approximate surface area is 236 Å². The molecule has 2 aromatic carbocycles. The summed E-state index contributed by atoms with van der Waals surface area (Å²) in [5.74, 6) is -0.0337. The van der Waals surface area contributed by atoms with E-state index in [1.165, 1.54) is 11.1 Å². The summed E-state index contributed by atoms with van der Waals surface area (Å²) in [4.78, 5) is 19.8. The molecule has 0 aliphatic carbocycles. The number of carbonyl (C=O) groups excluding carboxylic acids is 1. The van der Waals surface area contributed by atoms with Crippen molar-refractivity contribution in [1.29, 1.82) is 0 Å². The van der Waals surface area contributed by atoms with Crippen LogP contribution in [0.3, 0.4) is 0 Å². The molecule has 0 saturated carbocycles. The van der Waals surface area contributed by atoms with Crippen molar-refractivity contribution in [3.8, 4) is 5.69 Å². The summed E-state index contributed by atoms with van der Waals surface area (Å²) in [5.41, 5.74) is 8.74. The Bertz CT molecular complexity index is 1480. The Balaban J connectivity index is 1.47. The van der Waals surface area contributed by atoms with Crippen molar-refractivity contribution >= 4 is 28.9 Å². The molecule has 39 heavy (non-hydrogen) atoms. The molecule has 4 aromatic rings. The van der Waals surface area contributed by atoms with Crippen LogP contribution in [0.5, 0.6) is 0 Å². The van der Waals surface area contributed by atoms with Gasteiger partial charge in [-0.3, -0.25) is 9.78 Å². The number of rotatable bonds is 8. The number of hydrogen-bond donors (Lipinski definition) is 2. The molecule has 5 rings (SSSR count). The normalized spacial score (nSPS) is 16.8. The summed E-state index contributed by atoms with van der Waals surface area (Å²) >= 11 is 5.85. The molecular weight excluding hydrogens is 502 g/mol. The third-order valence-electron chi connectivity index (χ3n) is 7.59. The lowest BCUT2D eigenvalue weighted by atomic mass is 9.96. The first-order chi connectivity index (χ1) is 18.9. The van der Waals surface area contributed by atoms with Crippen LogP contribution in [-0.2, 0) is 11.2 Å². The number of hydrogen-bond acceptors (Lipinski definition) is 3. The fourth-order valence-corrected chi connectivity index (χ4v) is 5.83. The number of carbonyl (C=O) groups is 1. The molecular formula is C32H35N5OS. The van der Waals surface area contributed by atoms with Gasteiger partial charge in [-0.2, -0.15) is 0 Å². The minimum Gasteiger partial charge on any atom is -0.352 e. The van der Waals surface area contributed by atoms with E-state index in [0.717, 1.165) is 40.4 Å². The summed E-state index contributed by atoms with van der Waals surface area (Å²) < 4.78 is 2.30. The van der Waals surface area contributed by atoms with Crippen LogP contribution in [0.2, 0.25) is 0 Å². The average Bonchev–Trinajstić information content (AvgIpc) is 3.43. The molecule has 7 heteroatoms. The van der Waals surface area contributed by atoms with E-state index < -0.39 is 0 Å². The van der Waals surface area contributed by atoms with Crippen molar-refractivity contribution in [2.24, 2.45) is 0 Å². The van der Waals surface area contributed by atoms with Crippen LogP contribution >= 0.6 is 12.2 Å². The molecule has 0 bridgehead atoms. The minimum absolute atomic E-state index is 0.0337. The molecule has 1 aliphatic rings. The zero-order valence-corrected chi connectivity index (χ0v) is 23.8. The molecule has 0 radical (unpaired) electrons. The van der Waals surface area contributed by atoms with Crippen LogP contribution in [0.25, 0.3) is 5.69 Å². The van der Waals surface area contributed by atoms with Crippen molar-refractivity contribution in [3.05, 3.63) is 113 Å². The third kappa shape index (κ3) is 5.45. The van der Waals surface area contributed by atoms with Crippen molar-refractivity contribution in [2.75, 3.05) is 11.9 Å². The van der Waals surface area contributed by atoms with Crippen LogP contribution in [0.4, 0.5) is 5.69 Å². The topological polar surface area (TPSA) is 62.2 Å². The molecule has 200 valence electrons. The van der Waals surface area contributed by atoms with Gasteiger partial charge in [-0.05, 0) is 92.5 Å². The van der Waals surface area contributed by atoms with E-state index in [1.807, 2.05) is 55.6 Å². The largest absolute Gasteiger partial charge is 0.352 e. The molecule has 1 aliphatic heterocycles. The van der Waals surface area contributed by atoms with Crippen LogP contribution in [0, 0.1) is 20.8 Å². The molecule has 1 fully saturated rings. The Morgan fingerprint density at radius 2 is 1.77 bits per heavy atom. The number of anilines is 1. The van der Waals surface area contributed by atoms with Gasteiger partial charge in [0.25, 0.3) is 0 Å². The number of nitrogens with zero attached hydrogens (tertiary/aromatic N) is 3. The van der Waals surface area contributed by atoms with Gasteiger partial charge in [0.1, 0.15) is 0 Å². The summed E-state index contributed by atoms with van der Waals surface area (Å²) in [7, 11) is 0. The fraction of sp³-hybridized carbons (Fsp3) is 0.281. The standard InChI is InChI=1S/C32H35N5OS/c1-5-24-13-15-25(16-14-24)37-22(3)20-26(23(37)4)31-30(28-12-8-9-18-33-28)35-32(39)36(31)19-17-29(38)34-27-11-7-6-10-21(27)2/h6-16,18,20,30-31H,5,17,19H2,1-4H3,(H,34,38)(H,35,39)/t30-,31+/m1/s1. The second-order valence-electron chi connectivity index (χ2n) is 10.1. The van der Waals surface area contributed by atoms with E-state index in [-0.39, 0.29) is 18.0 Å². The molecule has 0 unspecified atom stereocenters. The van der Waals surface area contributed by atoms with Crippen molar-refractivity contribution in [2.45, 2.75) is 52.6 Å². The van der Waals surface area contributed by atoms with E-state index >= 15 is 0 Å². The van der Waals surface area contributed by atoms with E-state index in [4.69, 9.17) is 12.2 Å². The summed E-state index contributed by atoms with van der Waals surface area (Å²) in [6.45, 7) is 8.96. The number of aryl methyl sites for hydroxylation is 3. The maximum absolute atomic E-state index is 13.0. The van der Waals surface area contributed by atoms with Gasteiger partial charge in [0.15, 0.2) is 5.11 Å². The number of amides is 1. The van der Waals surface area contributed by atoms with Gasteiger partial charge >= 0.3 is 0 Å². The van der Waals surface area contributed by atoms with Crippen LogP contribution in [0.1, 0.15) is 59.2 Å². The predicted molar refractivity (Wildman–Crippen MR) is 161 cm³/mol. The average molecular weight is 538 g/mol. The molecule has 1 amide bonds. The predicted octanol–water partition coefficient (Wildman–Crippen LogP) is 6.36. The first kappa shape index (κ1) is 26.6. The maximum Gasteiger partial charge on any atom is 0.226 e. The van der Waals surface area contributed by atoms with Gasteiger partial charge in [-0.25, -0.2) is 0 Å². The molecule has 3 heterocycles. The highest BCUT2D eigenvalue weighted by atomic mass is 32.1. The minimum atomic E-state index is -0.130. The second kappa shape index (κ2) is 11.4. The van der Waals surface area contributed by atoms with Crippen LogP contribution in [-0.4, -0.2) is 32.0 Å². The Hall–Kier alpha value is -3.97. The fourth-order valence-electron chi connectivity index (χ4n) is 5.50. The summed E-state index contributed by atoms with van der Waals surface area (Å²) in [6.07, 6.45) is 3.14. The molecule has 0 spiro atoms. The molecule has 2 atom stereocenters. The monoisotopic (exact) mass is 537 g/mol. The lowest BCUT2D eigenvalue weighted by Gasteiger charge is -2.28. The molecule has 6 nitrogen and oxygen atoms in total. The Kier molecular flexibility index (Phi) is 7.79. The van der Waals surface area contributed by atoms with E-state index in [9.17, 15) is 4.79 Å². The lowest BCUT2D eigenvalue weighted by molar-refractivity contribution is -0.116. The smallest absolute Gasteiger partial charge is 0.226 e. The van der Waals surface area contributed by atoms with E-state index in [1.54, 1.807) is 0 Å². The van der Waals surface area contributed by atoms with Gasteiger partial charge in [0.05, 0.1) is 17.8 Å². The molecule has 1 saturated heterocycles. The SMILES string of the molecule is CCc1ccc(-n2c(C)cc([C@H]3[C@@H](c4ccccn4)NC(=S)N3CCC(=O)Nc3ccccc3C)c2C)cc1. The van der Waals surface area contributed by atoms with Gasteiger partial charge in [0, 0.05) is 41.9 Å². The second-order valence-corrected chi connectivity index (χ2v) is 10.5. The van der Waals surface area contributed by atoms with Gasteiger partial charge in [-0.1, -0.05) is 43.3 Å². The van der Waals surface area contributed by atoms with Crippen molar-refractivity contribution < 1.29 is 4.79 Å².